The molecule has 7 heteroatoms. The number of nitrogens with zero attached hydrogens (tertiary/aromatic N) is 1. The number of ether oxygens (including phenoxy) is 1. The number of hydrogen-bond acceptors (Lipinski definition) is 5. The van der Waals surface area contributed by atoms with Crippen molar-refractivity contribution in [2.75, 3.05) is 12.4 Å². The van der Waals surface area contributed by atoms with Crippen molar-refractivity contribution in [3.8, 4) is 5.75 Å². The van der Waals surface area contributed by atoms with Gasteiger partial charge >= 0.3 is 0 Å². The molecular formula is C17H18N2O3S2. The van der Waals surface area contributed by atoms with Crippen LogP contribution < -0.4 is 10.1 Å². The van der Waals surface area contributed by atoms with Gasteiger partial charge in [0.2, 0.25) is 0 Å². The second-order valence-electron chi connectivity index (χ2n) is 5.26. The molecule has 126 valence electrons. The first kappa shape index (κ1) is 18.2. The standard InChI is InChI=1S/C17H18N2O3S2/c1-11-8-15(16(19(20)21)9-12(11)2)18-17(23)24-10-13-4-6-14(22-3)7-5-13/h4-9H,10H2,1-3H3,(H,18,23). The van der Waals surface area contributed by atoms with Gasteiger partial charge in [0.15, 0.2) is 0 Å². The van der Waals surface area contributed by atoms with Crippen LogP contribution in [0.25, 0.3) is 0 Å². The maximum atomic E-state index is 11.2. The second kappa shape index (κ2) is 8.12. The Morgan fingerprint density at radius 3 is 2.46 bits per heavy atom. The van der Waals surface area contributed by atoms with Gasteiger partial charge in [-0.1, -0.05) is 36.1 Å². The molecule has 2 aromatic carbocycles. The van der Waals surface area contributed by atoms with E-state index < -0.39 is 4.92 Å². The van der Waals surface area contributed by atoms with Gasteiger partial charge in [0.05, 0.1) is 12.0 Å². The molecule has 0 atom stereocenters. The first-order valence-electron chi connectivity index (χ1n) is 7.23. The molecular weight excluding hydrogens is 344 g/mol. The van der Waals surface area contributed by atoms with Crippen LogP contribution in [0.5, 0.6) is 5.75 Å². The van der Waals surface area contributed by atoms with Gasteiger partial charge in [-0.25, -0.2) is 0 Å². The van der Waals surface area contributed by atoms with E-state index in [2.05, 4.69) is 5.32 Å². The fraction of sp³-hybridized carbons (Fsp3) is 0.235. The fourth-order valence-electron chi connectivity index (χ4n) is 2.07. The number of anilines is 1. The maximum absolute atomic E-state index is 11.2. The van der Waals surface area contributed by atoms with E-state index in [-0.39, 0.29) is 5.69 Å². The Labute approximate surface area is 150 Å². The van der Waals surface area contributed by atoms with Gasteiger partial charge in [-0.15, -0.1) is 0 Å². The van der Waals surface area contributed by atoms with Crippen molar-refractivity contribution < 1.29 is 9.66 Å². The Morgan fingerprint density at radius 2 is 1.88 bits per heavy atom. The molecule has 0 radical (unpaired) electrons. The highest BCUT2D eigenvalue weighted by Gasteiger charge is 2.16. The lowest BCUT2D eigenvalue weighted by atomic mass is 10.1. The molecule has 0 aliphatic heterocycles. The smallest absolute Gasteiger partial charge is 0.292 e. The Morgan fingerprint density at radius 1 is 1.25 bits per heavy atom. The van der Waals surface area contributed by atoms with Gasteiger partial charge < -0.3 is 10.1 Å². The zero-order valence-corrected chi connectivity index (χ0v) is 15.3. The minimum absolute atomic E-state index is 0.0329. The lowest BCUT2D eigenvalue weighted by Crippen LogP contribution is -2.08. The van der Waals surface area contributed by atoms with Crippen molar-refractivity contribution in [1.82, 2.24) is 0 Å². The quantitative estimate of drug-likeness (QED) is 0.466. The van der Waals surface area contributed by atoms with E-state index in [0.717, 1.165) is 22.4 Å². The Balaban J connectivity index is 2.04. The van der Waals surface area contributed by atoms with Crippen molar-refractivity contribution in [2.24, 2.45) is 0 Å². The summed E-state index contributed by atoms with van der Waals surface area (Å²) in [5.41, 5.74) is 3.41. The number of thiocarbonyl (C=S) groups is 1. The predicted octanol–water partition coefficient (Wildman–Crippen LogP) is 4.85. The van der Waals surface area contributed by atoms with Crippen LogP contribution in [0.4, 0.5) is 11.4 Å². The van der Waals surface area contributed by atoms with Crippen LogP contribution in [0.2, 0.25) is 0 Å². The molecule has 0 heterocycles. The molecule has 0 spiro atoms. The Bertz CT molecular complexity index is 761. The zero-order chi connectivity index (χ0) is 17.7. The number of nitro groups is 1. The first-order chi connectivity index (χ1) is 11.4. The number of hydrogen-bond donors (Lipinski definition) is 1. The number of benzene rings is 2. The lowest BCUT2D eigenvalue weighted by molar-refractivity contribution is -0.384. The number of methoxy groups -OCH3 is 1. The van der Waals surface area contributed by atoms with E-state index in [0.29, 0.717) is 15.8 Å². The normalized spacial score (nSPS) is 10.3. The van der Waals surface area contributed by atoms with E-state index in [1.54, 1.807) is 19.2 Å². The molecule has 0 aromatic heterocycles. The van der Waals surface area contributed by atoms with Crippen LogP contribution in [-0.4, -0.2) is 16.4 Å². The van der Waals surface area contributed by atoms with E-state index in [4.69, 9.17) is 17.0 Å². The van der Waals surface area contributed by atoms with Crippen LogP contribution in [0.1, 0.15) is 16.7 Å². The van der Waals surface area contributed by atoms with Crippen molar-refractivity contribution in [3.63, 3.8) is 0 Å². The molecule has 2 rings (SSSR count). The molecule has 0 bridgehead atoms. The summed E-state index contributed by atoms with van der Waals surface area (Å²) in [4.78, 5) is 10.8. The largest absolute Gasteiger partial charge is 0.497 e. The van der Waals surface area contributed by atoms with Crippen molar-refractivity contribution in [2.45, 2.75) is 19.6 Å². The Kier molecular flexibility index (Phi) is 6.16. The minimum Gasteiger partial charge on any atom is -0.497 e. The topological polar surface area (TPSA) is 64.4 Å². The van der Waals surface area contributed by atoms with E-state index in [9.17, 15) is 10.1 Å². The third-order valence-electron chi connectivity index (χ3n) is 3.57. The summed E-state index contributed by atoms with van der Waals surface area (Å²) in [6.07, 6.45) is 0. The molecule has 0 aliphatic rings. The molecule has 0 aliphatic carbocycles. The van der Waals surface area contributed by atoms with Crippen molar-refractivity contribution >= 4 is 39.7 Å². The third-order valence-corrected chi connectivity index (χ3v) is 4.87. The summed E-state index contributed by atoms with van der Waals surface area (Å²) >= 11 is 6.74. The van der Waals surface area contributed by atoms with Gasteiger partial charge in [0.1, 0.15) is 15.8 Å². The number of aryl methyl sites for hydroxylation is 2. The molecule has 0 saturated heterocycles. The van der Waals surface area contributed by atoms with Gasteiger partial charge in [-0.2, -0.15) is 0 Å². The molecule has 2 aromatic rings. The fourth-order valence-corrected chi connectivity index (χ4v) is 3.03. The highest BCUT2D eigenvalue weighted by Crippen LogP contribution is 2.29. The number of rotatable bonds is 5. The first-order valence-corrected chi connectivity index (χ1v) is 8.62. The summed E-state index contributed by atoms with van der Waals surface area (Å²) in [6, 6.07) is 11.0. The van der Waals surface area contributed by atoms with Crippen molar-refractivity contribution in [3.05, 3.63) is 63.2 Å². The highest BCUT2D eigenvalue weighted by atomic mass is 32.2. The highest BCUT2D eigenvalue weighted by molar-refractivity contribution is 8.22. The monoisotopic (exact) mass is 362 g/mol. The van der Waals surface area contributed by atoms with Crippen LogP contribution in [0.3, 0.4) is 0 Å². The lowest BCUT2D eigenvalue weighted by Gasteiger charge is -2.10. The number of nitro benzene ring substituents is 1. The average molecular weight is 362 g/mol. The third kappa shape index (κ3) is 4.69. The molecule has 24 heavy (non-hydrogen) atoms. The predicted molar refractivity (Wildman–Crippen MR) is 103 cm³/mol. The molecule has 0 unspecified atom stereocenters. The summed E-state index contributed by atoms with van der Waals surface area (Å²) in [5, 5.41) is 14.2. The van der Waals surface area contributed by atoms with Crippen LogP contribution in [-0.2, 0) is 5.75 Å². The molecule has 1 N–H and O–H groups in total. The zero-order valence-electron chi connectivity index (χ0n) is 13.7. The average Bonchev–Trinajstić information content (AvgIpc) is 2.56. The van der Waals surface area contributed by atoms with Gasteiger partial charge in [-0.3, -0.25) is 10.1 Å². The van der Waals surface area contributed by atoms with Crippen LogP contribution >= 0.6 is 24.0 Å². The van der Waals surface area contributed by atoms with Gasteiger partial charge in [-0.05, 0) is 48.7 Å². The van der Waals surface area contributed by atoms with E-state index in [1.807, 2.05) is 38.1 Å². The molecule has 5 nitrogen and oxygen atoms in total. The summed E-state index contributed by atoms with van der Waals surface area (Å²) in [7, 11) is 1.62. The number of nitrogens with one attached hydrogen (secondary N) is 1. The van der Waals surface area contributed by atoms with E-state index >= 15 is 0 Å². The second-order valence-corrected chi connectivity index (χ2v) is 6.91. The SMILES string of the molecule is COc1ccc(CSC(=S)Nc2cc(C)c(C)cc2[N+](=O)[O-])cc1. The molecule has 0 amide bonds. The maximum Gasteiger partial charge on any atom is 0.292 e. The van der Waals surface area contributed by atoms with Crippen LogP contribution in [0, 0.1) is 24.0 Å². The summed E-state index contributed by atoms with van der Waals surface area (Å²) < 4.78 is 5.62. The minimum atomic E-state index is -0.397. The van der Waals surface area contributed by atoms with E-state index in [1.165, 1.54) is 11.8 Å². The summed E-state index contributed by atoms with van der Waals surface area (Å²) in [5.74, 6) is 1.48. The molecule has 0 saturated carbocycles. The summed E-state index contributed by atoms with van der Waals surface area (Å²) in [6.45, 7) is 3.76. The van der Waals surface area contributed by atoms with Gasteiger partial charge in [0, 0.05) is 11.8 Å². The van der Waals surface area contributed by atoms with Crippen LogP contribution in [0.15, 0.2) is 36.4 Å². The van der Waals surface area contributed by atoms with Crippen molar-refractivity contribution in [1.29, 1.82) is 0 Å². The molecule has 0 fully saturated rings. The number of thioether (sulfide) groups is 1. The van der Waals surface area contributed by atoms with Gasteiger partial charge in [0.25, 0.3) is 5.69 Å². The Hall–Kier alpha value is -2.12.